The van der Waals surface area contributed by atoms with Crippen LogP contribution in [0.25, 0.3) is 0 Å². The smallest absolute Gasteiger partial charge is 0.0482 e. The molecule has 0 radical (unpaired) electrons. The number of pyridine rings is 1. The molecule has 1 aromatic heterocycles. The zero-order valence-electron chi connectivity index (χ0n) is 13.1. The van der Waals surface area contributed by atoms with E-state index in [0.29, 0.717) is 12.0 Å². The molecule has 0 saturated carbocycles. The highest BCUT2D eigenvalue weighted by molar-refractivity contribution is 7.99. The van der Waals surface area contributed by atoms with Crippen LogP contribution in [0.4, 0.5) is 0 Å². The van der Waals surface area contributed by atoms with Gasteiger partial charge in [0.05, 0.1) is 0 Å². The maximum Gasteiger partial charge on any atom is 0.0482 e. The summed E-state index contributed by atoms with van der Waals surface area (Å²) >= 11 is 2.10. The van der Waals surface area contributed by atoms with Gasteiger partial charge < -0.3 is 5.32 Å². The number of likely N-dealkylation sites (N-methyl/N-ethyl adjacent to an activating group) is 1. The summed E-state index contributed by atoms with van der Waals surface area (Å²) in [5.74, 6) is 1.79. The summed E-state index contributed by atoms with van der Waals surface area (Å²) in [4.78, 5) is 4.70. The maximum atomic E-state index is 4.70. The summed E-state index contributed by atoms with van der Waals surface area (Å²) in [5.41, 5.74) is 2.83. The predicted octanol–water partition coefficient (Wildman–Crippen LogP) is 4.01. The highest BCUT2D eigenvalue weighted by Crippen LogP contribution is 2.34. The van der Waals surface area contributed by atoms with E-state index in [1.54, 1.807) is 0 Å². The standard InChI is InChI=1S/C17H28N2S/c1-4-13(3)20-12-16(18-5-2)15-10-6-8-14-9-7-11-19-17(14)15/h7,9,11,13,15-16,18H,4-6,8,10,12H2,1-3H3. The number of nitrogens with one attached hydrogen (secondary N) is 1. The van der Waals surface area contributed by atoms with Crippen molar-refractivity contribution in [3.63, 3.8) is 0 Å². The van der Waals surface area contributed by atoms with Gasteiger partial charge in [0.1, 0.15) is 0 Å². The van der Waals surface area contributed by atoms with Gasteiger partial charge in [-0.1, -0.05) is 26.8 Å². The number of hydrogen-bond acceptors (Lipinski definition) is 3. The monoisotopic (exact) mass is 292 g/mol. The molecule has 0 aromatic carbocycles. The molecule has 3 atom stereocenters. The van der Waals surface area contributed by atoms with Gasteiger partial charge in [0.15, 0.2) is 0 Å². The van der Waals surface area contributed by atoms with Gasteiger partial charge in [-0.3, -0.25) is 4.98 Å². The zero-order valence-corrected chi connectivity index (χ0v) is 13.9. The minimum Gasteiger partial charge on any atom is -0.313 e. The molecule has 0 bridgehead atoms. The number of rotatable bonds is 7. The van der Waals surface area contributed by atoms with Gasteiger partial charge in [0.2, 0.25) is 0 Å². The SMILES string of the molecule is CCNC(CSC(C)CC)C1CCCc2cccnc21. The Morgan fingerprint density at radius 2 is 2.30 bits per heavy atom. The van der Waals surface area contributed by atoms with E-state index in [9.17, 15) is 0 Å². The van der Waals surface area contributed by atoms with Crippen LogP contribution in [0.2, 0.25) is 0 Å². The zero-order chi connectivity index (χ0) is 14.4. The van der Waals surface area contributed by atoms with Gasteiger partial charge in [-0.05, 0) is 43.9 Å². The Morgan fingerprint density at radius 1 is 1.45 bits per heavy atom. The second-order valence-electron chi connectivity index (χ2n) is 5.76. The third kappa shape index (κ3) is 3.98. The molecule has 0 saturated heterocycles. The summed E-state index contributed by atoms with van der Waals surface area (Å²) in [6, 6.07) is 4.91. The second-order valence-corrected chi connectivity index (χ2v) is 7.23. The summed E-state index contributed by atoms with van der Waals surface area (Å²) < 4.78 is 0. The molecule has 20 heavy (non-hydrogen) atoms. The Morgan fingerprint density at radius 3 is 3.05 bits per heavy atom. The predicted molar refractivity (Wildman–Crippen MR) is 89.6 cm³/mol. The first-order valence-corrected chi connectivity index (χ1v) is 9.09. The summed E-state index contributed by atoms with van der Waals surface area (Å²) in [6.45, 7) is 7.87. The van der Waals surface area contributed by atoms with Crippen molar-refractivity contribution < 1.29 is 0 Å². The van der Waals surface area contributed by atoms with Crippen LogP contribution < -0.4 is 5.32 Å². The van der Waals surface area contributed by atoms with Crippen molar-refractivity contribution in [2.24, 2.45) is 0 Å². The molecule has 0 aliphatic heterocycles. The topological polar surface area (TPSA) is 24.9 Å². The Hall–Kier alpha value is -0.540. The first kappa shape index (κ1) is 15.8. The highest BCUT2D eigenvalue weighted by Gasteiger charge is 2.28. The van der Waals surface area contributed by atoms with Crippen molar-refractivity contribution in [1.82, 2.24) is 10.3 Å². The number of aryl methyl sites for hydroxylation is 1. The van der Waals surface area contributed by atoms with E-state index >= 15 is 0 Å². The van der Waals surface area contributed by atoms with E-state index in [-0.39, 0.29) is 0 Å². The number of thioether (sulfide) groups is 1. The summed E-state index contributed by atoms with van der Waals surface area (Å²) in [6.07, 6.45) is 7.00. The van der Waals surface area contributed by atoms with Crippen molar-refractivity contribution >= 4 is 11.8 Å². The molecule has 1 N–H and O–H groups in total. The normalized spacial score (nSPS) is 21.2. The summed E-state index contributed by atoms with van der Waals surface area (Å²) in [5, 5.41) is 4.46. The lowest BCUT2D eigenvalue weighted by Crippen LogP contribution is -2.39. The summed E-state index contributed by atoms with van der Waals surface area (Å²) in [7, 11) is 0. The molecular weight excluding hydrogens is 264 g/mol. The van der Waals surface area contributed by atoms with E-state index in [1.807, 2.05) is 6.20 Å². The molecule has 0 fully saturated rings. The van der Waals surface area contributed by atoms with Crippen LogP contribution in [-0.2, 0) is 6.42 Å². The second kappa shape index (κ2) is 8.04. The molecule has 2 rings (SSSR count). The molecule has 3 heteroatoms. The molecular formula is C17H28N2S. The van der Waals surface area contributed by atoms with Gasteiger partial charge in [-0.2, -0.15) is 11.8 Å². The Labute approximate surface area is 128 Å². The lowest BCUT2D eigenvalue weighted by atomic mass is 9.82. The lowest BCUT2D eigenvalue weighted by Gasteiger charge is -2.32. The van der Waals surface area contributed by atoms with Crippen LogP contribution in [0.5, 0.6) is 0 Å². The lowest BCUT2D eigenvalue weighted by molar-refractivity contribution is 0.417. The van der Waals surface area contributed by atoms with Gasteiger partial charge in [-0.25, -0.2) is 0 Å². The minimum atomic E-state index is 0.563. The first-order chi connectivity index (χ1) is 9.76. The van der Waals surface area contributed by atoms with Gasteiger partial charge in [0.25, 0.3) is 0 Å². The van der Waals surface area contributed by atoms with Crippen LogP contribution in [0.15, 0.2) is 18.3 Å². The average Bonchev–Trinajstić information content (AvgIpc) is 2.50. The van der Waals surface area contributed by atoms with Crippen molar-refractivity contribution in [3.8, 4) is 0 Å². The van der Waals surface area contributed by atoms with Crippen molar-refractivity contribution in [1.29, 1.82) is 0 Å². The van der Waals surface area contributed by atoms with Crippen LogP contribution in [0.1, 0.15) is 57.2 Å². The number of hydrogen-bond donors (Lipinski definition) is 1. The fourth-order valence-corrected chi connectivity index (χ4v) is 4.12. The molecule has 2 nitrogen and oxygen atoms in total. The Kier molecular flexibility index (Phi) is 6.37. The van der Waals surface area contributed by atoms with Crippen molar-refractivity contribution in [2.45, 2.75) is 63.7 Å². The fraction of sp³-hybridized carbons (Fsp3) is 0.706. The van der Waals surface area contributed by atoms with Crippen LogP contribution in [0.3, 0.4) is 0 Å². The number of fused-ring (bicyclic) bond motifs is 1. The molecule has 1 heterocycles. The minimum absolute atomic E-state index is 0.563. The quantitative estimate of drug-likeness (QED) is 0.822. The Balaban J connectivity index is 2.09. The van der Waals surface area contributed by atoms with Crippen LogP contribution >= 0.6 is 11.8 Å². The largest absolute Gasteiger partial charge is 0.313 e. The van der Waals surface area contributed by atoms with Gasteiger partial charge >= 0.3 is 0 Å². The Bertz CT molecular complexity index is 408. The molecule has 0 amide bonds. The third-order valence-electron chi connectivity index (χ3n) is 4.33. The van der Waals surface area contributed by atoms with E-state index in [2.05, 4.69) is 50.0 Å². The van der Waals surface area contributed by atoms with E-state index < -0.39 is 0 Å². The number of nitrogens with zero attached hydrogens (tertiary/aromatic N) is 1. The number of aromatic nitrogens is 1. The van der Waals surface area contributed by atoms with Crippen LogP contribution in [-0.4, -0.2) is 28.6 Å². The molecule has 3 unspecified atom stereocenters. The van der Waals surface area contributed by atoms with E-state index in [1.165, 1.54) is 42.7 Å². The van der Waals surface area contributed by atoms with Crippen molar-refractivity contribution in [3.05, 3.63) is 29.6 Å². The van der Waals surface area contributed by atoms with Gasteiger partial charge in [0, 0.05) is 34.9 Å². The van der Waals surface area contributed by atoms with E-state index in [0.717, 1.165) is 11.8 Å². The first-order valence-electron chi connectivity index (χ1n) is 8.05. The van der Waals surface area contributed by atoms with Gasteiger partial charge in [-0.15, -0.1) is 0 Å². The highest BCUT2D eigenvalue weighted by atomic mass is 32.2. The third-order valence-corrected chi connectivity index (χ3v) is 5.78. The fourth-order valence-electron chi connectivity index (χ4n) is 3.00. The molecule has 112 valence electrons. The molecule has 1 aromatic rings. The van der Waals surface area contributed by atoms with Crippen LogP contribution in [0, 0.1) is 0 Å². The molecule has 1 aliphatic rings. The van der Waals surface area contributed by atoms with Crippen molar-refractivity contribution in [2.75, 3.05) is 12.3 Å². The average molecular weight is 292 g/mol. The molecule has 1 aliphatic carbocycles. The maximum absolute atomic E-state index is 4.70. The van der Waals surface area contributed by atoms with E-state index in [4.69, 9.17) is 4.98 Å². The molecule has 0 spiro atoms.